The average Bonchev–Trinajstić information content (AvgIpc) is 3.26. The Hall–Kier alpha value is -3.37. The number of ether oxygens (including phenoxy) is 1. The van der Waals surface area contributed by atoms with Gasteiger partial charge in [-0.15, -0.1) is 11.3 Å². The number of para-hydroxylation sites is 1. The molecule has 170 valence electrons. The predicted octanol–water partition coefficient (Wildman–Crippen LogP) is 3.05. The first-order valence-corrected chi connectivity index (χ1v) is 12.1. The maximum Gasteiger partial charge on any atom is 0.337 e. The summed E-state index contributed by atoms with van der Waals surface area (Å²) in [6.45, 7) is 2.00. The van der Waals surface area contributed by atoms with E-state index in [1.165, 1.54) is 27.7 Å². The second kappa shape index (κ2) is 10.1. The maximum absolute atomic E-state index is 13.4. The molecule has 0 aliphatic heterocycles. The van der Waals surface area contributed by atoms with Crippen LogP contribution in [0.25, 0.3) is 16.0 Å². The molecule has 0 spiro atoms. The molecule has 10 heteroatoms. The summed E-state index contributed by atoms with van der Waals surface area (Å²) in [5.41, 5.74) is 0.501. The largest absolute Gasteiger partial charge is 0.497 e. The lowest BCUT2D eigenvalue weighted by Crippen LogP contribution is -2.41. The van der Waals surface area contributed by atoms with Gasteiger partial charge >= 0.3 is 5.69 Å². The topological polar surface area (TPSA) is 95.2 Å². The van der Waals surface area contributed by atoms with Crippen LogP contribution in [0.1, 0.15) is 12.5 Å². The highest BCUT2D eigenvalue weighted by Gasteiger charge is 2.20. The lowest BCUT2D eigenvalue weighted by atomic mass is 10.2. The third-order valence-electron chi connectivity index (χ3n) is 4.87. The number of hydrogen-bond acceptors (Lipinski definition) is 7. The van der Waals surface area contributed by atoms with Crippen molar-refractivity contribution in [2.45, 2.75) is 24.4 Å². The van der Waals surface area contributed by atoms with E-state index < -0.39 is 11.2 Å². The molecule has 1 N–H and O–H groups in total. The summed E-state index contributed by atoms with van der Waals surface area (Å²) in [6, 6.07) is 16.0. The van der Waals surface area contributed by atoms with Crippen molar-refractivity contribution in [2.75, 3.05) is 12.9 Å². The molecule has 4 aromatic rings. The number of thioether (sulfide) groups is 1. The van der Waals surface area contributed by atoms with Crippen molar-refractivity contribution in [2.24, 2.45) is 0 Å². The molecule has 1 amide bonds. The van der Waals surface area contributed by atoms with Crippen LogP contribution >= 0.6 is 23.1 Å². The minimum absolute atomic E-state index is 0.231. The molecule has 2 heterocycles. The van der Waals surface area contributed by atoms with Gasteiger partial charge in [-0.25, -0.2) is 14.3 Å². The van der Waals surface area contributed by atoms with Gasteiger partial charge in [-0.1, -0.05) is 49.0 Å². The van der Waals surface area contributed by atoms with Crippen molar-refractivity contribution < 1.29 is 9.53 Å². The fourth-order valence-corrected chi connectivity index (χ4v) is 5.30. The first kappa shape index (κ1) is 22.8. The van der Waals surface area contributed by atoms with Crippen LogP contribution < -0.4 is 21.3 Å². The molecule has 33 heavy (non-hydrogen) atoms. The Balaban J connectivity index is 1.71. The second-order valence-corrected chi connectivity index (χ2v) is 9.55. The molecule has 0 fully saturated rings. The molecular formula is C23H22N4O4S2. The minimum atomic E-state index is -0.603. The number of carbonyl (C=O) groups excluding carboxylic acids is 1. The molecule has 0 aliphatic rings. The van der Waals surface area contributed by atoms with Crippen LogP contribution in [-0.2, 0) is 17.9 Å². The fraction of sp³-hybridized carbons (Fsp3) is 0.217. The van der Waals surface area contributed by atoms with Crippen molar-refractivity contribution in [3.05, 3.63) is 81.0 Å². The molecule has 0 aliphatic carbocycles. The second-order valence-electron chi connectivity index (χ2n) is 7.04. The summed E-state index contributed by atoms with van der Waals surface area (Å²) < 4.78 is 8.59. The van der Waals surface area contributed by atoms with Crippen LogP contribution in [0, 0.1) is 0 Å². The van der Waals surface area contributed by atoms with Gasteiger partial charge in [0.25, 0.3) is 5.56 Å². The first-order valence-electron chi connectivity index (χ1n) is 10.3. The molecule has 8 nitrogen and oxygen atoms in total. The summed E-state index contributed by atoms with van der Waals surface area (Å²) in [4.78, 5) is 43.8. The van der Waals surface area contributed by atoms with Gasteiger partial charge in [-0.2, -0.15) is 0 Å². The van der Waals surface area contributed by atoms with Crippen molar-refractivity contribution in [3.63, 3.8) is 0 Å². The van der Waals surface area contributed by atoms with Crippen LogP contribution in [0.4, 0.5) is 0 Å². The third kappa shape index (κ3) is 4.86. The van der Waals surface area contributed by atoms with Crippen LogP contribution in [0.3, 0.4) is 0 Å². The SMILES string of the molecule is CCSc1nc2c(s1)c(=O)n(-c1ccccc1)c(=O)n2CC(=O)NCc1cccc(OC)c1. The van der Waals surface area contributed by atoms with E-state index >= 15 is 0 Å². The van der Waals surface area contributed by atoms with Gasteiger partial charge in [0.15, 0.2) is 9.99 Å². The lowest BCUT2D eigenvalue weighted by molar-refractivity contribution is -0.121. The van der Waals surface area contributed by atoms with E-state index in [0.29, 0.717) is 20.5 Å². The minimum Gasteiger partial charge on any atom is -0.497 e. The van der Waals surface area contributed by atoms with E-state index in [-0.39, 0.29) is 24.6 Å². The number of thiazole rings is 1. The number of carbonyl (C=O) groups is 1. The Morgan fingerprint density at radius 2 is 1.94 bits per heavy atom. The molecule has 2 aromatic heterocycles. The Kier molecular flexibility index (Phi) is 6.95. The summed E-state index contributed by atoms with van der Waals surface area (Å²) in [7, 11) is 1.58. The highest BCUT2D eigenvalue weighted by atomic mass is 32.2. The maximum atomic E-state index is 13.4. The van der Waals surface area contributed by atoms with Gasteiger partial charge in [0.2, 0.25) is 5.91 Å². The summed E-state index contributed by atoms with van der Waals surface area (Å²) in [5.74, 6) is 1.10. The zero-order valence-corrected chi connectivity index (χ0v) is 19.7. The zero-order valence-electron chi connectivity index (χ0n) is 18.1. The van der Waals surface area contributed by atoms with Crippen molar-refractivity contribution >= 4 is 39.4 Å². The van der Waals surface area contributed by atoms with Gasteiger partial charge in [0.1, 0.15) is 17.0 Å². The summed E-state index contributed by atoms with van der Waals surface area (Å²) in [5, 5.41) is 2.83. The number of benzene rings is 2. The van der Waals surface area contributed by atoms with Gasteiger partial charge in [0.05, 0.1) is 12.8 Å². The molecule has 0 radical (unpaired) electrons. The number of methoxy groups -OCH3 is 1. The molecule has 4 rings (SSSR count). The highest BCUT2D eigenvalue weighted by Crippen LogP contribution is 2.27. The molecule has 0 saturated heterocycles. The van der Waals surface area contributed by atoms with Crippen LogP contribution in [-0.4, -0.2) is 32.9 Å². The Morgan fingerprint density at radius 1 is 1.15 bits per heavy atom. The summed E-state index contributed by atoms with van der Waals surface area (Å²) in [6.07, 6.45) is 0. The predicted molar refractivity (Wildman–Crippen MR) is 131 cm³/mol. The number of nitrogens with zero attached hydrogens (tertiary/aromatic N) is 3. The Bertz CT molecular complexity index is 1410. The first-order chi connectivity index (χ1) is 16.0. The van der Waals surface area contributed by atoms with Crippen molar-refractivity contribution in [1.82, 2.24) is 19.4 Å². The fourth-order valence-electron chi connectivity index (χ4n) is 3.33. The van der Waals surface area contributed by atoms with E-state index in [1.54, 1.807) is 37.4 Å². The molecule has 0 atom stereocenters. The summed E-state index contributed by atoms with van der Waals surface area (Å²) >= 11 is 2.72. The lowest BCUT2D eigenvalue weighted by Gasteiger charge is -2.12. The van der Waals surface area contributed by atoms with E-state index in [4.69, 9.17) is 4.74 Å². The Morgan fingerprint density at radius 3 is 2.67 bits per heavy atom. The number of amides is 1. The quantitative estimate of drug-likeness (QED) is 0.388. The Labute approximate surface area is 197 Å². The van der Waals surface area contributed by atoms with Gasteiger partial charge in [0, 0.05) is 6.54 Å². The van der Waals surface area contributed by atoms with Crippen LogP contribution in [0.15, 0.2) is 68.5 Å². The van der Waals surface area contributed by atoms with E-state index in [9.17, 15) is 14.4 Å². The molecule has 2 aromatic carbocycles. The van der Waals surface area contributed by atoms with Gasteiger partial charge in [-0.05, 0) is 35.6 Å². The number of rotatable bonds is 8. The monoisotopic (exact) mass is 482 g/mol. The highest BCUT2D eigenvalue weighted by molar-refractivity contribution is 8.01. The van der Waals surface area contributed by atoms with Crippen LogP contribution in [0.2, 0.25) is 0 Å². The van der Waals surface area contributed by atoms with Crippen molar-refractivity contribution in [1.29, 1.82) is 0 Å². The average molecular weight is 483 g/mol. The molecule has 0 unspecified atom stereocenters. The molecular weight excluding hydrogens is 460 g/mol. The van der Waals surface area contributed by atoms with Gasteiger partial charge in [-0.3, -0.25) is 14.2 Å². The van der Waals surface area contributed by atoms with Crippen LogP contribution in [0.5, 0.6) is 5.75 Å². The standard InChI is InChI=1S/C23H22N4O4S2/c1-3-32-22-25-20-19(33-22)21(29)27(16-9-5-4-6-10-16)23(30)26(20)14-18(28)24-13-15-8-7-11-17(12-15)31-2/h4-12H,3,13-14H2,1-2H3,(H,24,28). The third-order valence-corrected chi connectivity index (χ3v) is 6.93. The smallest absolute Gasteiger partial charge is 0.337 e. The number of fused-ring (bicyclic) bond motifs is 1. The van der Waals surface area contributed by atoms with Gasteiger partial charge < -0.3 is 10.1 Å². The number of hydrogen-bond donors (Lipinski definition) is 1. The number of aromatic nitrogens is 3. The molecule has 0 bridgehead atoms. The number of nitrogens with one attached hydrogen (secondary N) is 1. The molecule has 0 saturated carbocycles. The van der Waals surface area contributed by atoms with E-state index in [1.807, 2.05) is 31.2 Å². The van der Waals surface area contributed by atoms with E-state index in [0.717, 1.165) is 15.9 Å². The van der Waals surface area contributed by atoms with E-state index in [2.05, 4.69) is 10.3 Å². The zero-order chi connectivity index (χ0) is 23.4. The van der Waals surface area contributed by atoms with Crippen molar-refractivity contribution in [3.8, 4) is 11.4 Å². The normalized spacial score (nSPS) is 11.0.